The molecule has 3 aliphatic rings. The molecule has 40 heavy (non-hydrogen) atoms. The summed E-state index contributed by atoms with van der Waals surface area (Å²) in [6.45, 7) is 5.11. The topological polar surface area (TPSA) is 75.7 Å². The number of rotatable bonds is 3. The summed E-state index contributed by atoms with van der Waals surface area (Å²) in [6.07, 6.45) is 5.14. The van der Waals surface area contributed by atoms with Crippen LogP contribution in [0.25, 0.3) is 0 Å². The zero-order chi connectivity index (χ0) is 29.0. The van der Waals surface area contributed by atoms with Gasteiger partial charge in [-0.15, -0.1) is 0 Å². The maximum absolute atomic E-state index is 14.9. The van der Waals surface area contributed by atoms with Gasteiger partial charge in [0.2, 0.25) is 11.8 Å². The number of halogens is 3. The van der Waals surface area contributed by atoms with Crippen LogP contribution in [0, 0.1) is 17.7 Å². The molecule has 1 N–H and O–H groups in total. The van der Waals surface area contributed by atoms with Crippen LogP contribution in [0.5, 0.6) is 0 Å². The number of fused-ring (bicyclic) bond motifs is 2. The predicted molar refractivity (Wildman–Crippen MR) is 153 cm³/mol. The highest BCUT2D eigenvalue weighted by molar-refractivity contribution is 6.32. The molecule has 1 unspecified atom stereocenters. The number of hydrogen-bond acceptors (Lipinski definition) is 4. The van der Waals surface area contributed by atoms with Crippen molar-refractivity contribution in [1.82, 2.24) is 5.32 Å². The maximum Gasteiger partial charge on any atom is 0.421 e. The van der Waals surface area contributed by atoms with Gasteiger partial charge < -0.3 is 10.1 Å². The van der Waals surface area contributed by atoms with Gasteiger partial charge in [-0.3, -0.25) is 9.59 Å². The molecule has 4 atom stereocenters. The Morgan fingerprint density at radius 1 is 1.20 bits per heavy atom. The summed E-state index contributed by atoms with van der Waals surface area (Å²) in [6, 6.07) is 7.94. The zero-order valence-electron chi connectivity index (χ0n) is 22.3. The van der Waals surface area contributed by atoms with Crippen LogP contribution in [0.3, 0.4) is 0 Å². The van der Waals surface area contributed by atoms with Crippen molar-refractivity contribution in [1.29, 1.82) is 0 Å². The molecule has 3 amide bonds. The van der Waals surface area contributed by atoms with E-state index in [0.717, 1.165) is 4.90 Å². The standard InChI is InChI=1S/C30H28BCl2FN2O4/c1-29(2,3)40-28(39)36-24-12-19(33)8-10-22(24)30(27(36)38)23(16-5-4-6-18(32)11-16)14-25(37)35-26(30)21-13-20(34)9-7-17(21)15-31/h4,6-13,16,23,26H,5,14-15H2,1-3H3,(H,35,37)/t16?,23-,26+,30-/m0/s1. The van der Waals surface area contributed by atoms with Gasteiger partial charge in [0.05, 0.1) is 19.6 Å². The second kappa shape index (κ2) is 10.4. The third-order valence-electron chi connectivity index (χ3n) is 7.74. The molecule has 0 aromatic heterocycles. The molecule has 0 bridgehead atoms. The molecule has 10 heteroatoms. The van der Waals surface area contributed by atoms with Crippen LogP contribution < -0.4 is 10.2 Å². The van der Waals surface area contributed by atoms with E-state index >= 15 is 0 Å². The van der Waals surface area contributed by atoms with E-state index in [-0.39, 0.29) is 30.3 Å². The molecule has 2 heterocycles. The fraction of sp³-hybridized carbons (Fsp3) is 0.367. The number of allylic oxidation sites excluding steroid dienone is 4. The molecule has 1 aliphatic carbocycles. The Morgan fingerprint density at radius 3 is 2.62 bits per heavy atom. The first kappa shape index (κ1) is 28.4. The Hall–Kier alpha value is -3.10. The van der Waals surface area contributed by atoms with Crippen molar-refractivity contribution in [3.63, 3.8) is 0 Å². The van der Waals surface area contributed by atoms with Gasteiger partial charge in [0.15, 0.2) is 0 Å². The van der Waals surface area contributed by atoms with Crippen molar-refractivity contribution in [3.8, 4) is 0 Å². The van der Waals surface area contributed by atoms with Crippen LogP contribution in [-0.4, -0.2) is 31.4 Å². The van der Waals surface area contributed by atoms with E-state index < -0.39 is 40.8 Å². The molecule has 1 saturated heterocycles. The van der Waals surface area contributed by atoms with Crippen molar-refractivity contribution in [2.45, 2.75) is 57.0 Å². The Balaban J connectivity index is 1.82. The first-order chi connectivity index (χ1) is 18.9. The van der Waals surface area contributed by atoms with Crippen molar-refractivity contribution in [3.05, 3.63) is 87.2 Å². The maximum atomic E-state index is 14.9. The third kappa shape index (κ3) is 4.75. The number of imide groups is 1. The van der Waals surface area contributed by atoms with E-state index in [0.29, 0.717) is 33.2 Å². The van der Waals surface area contributed by atoms with Crippen LogP contribution in [0.2, 0.25) is 5.02 Å². The van der Waals surface area contributed by atoms with Gasteiger partial charge >= 0.3 is 6.09 Å². The highest BCUT2D eigenvalue weighted by atomic mass is 35.5. The molecule has 5 rings (SSSR count). The molecular weight excluding hydrogens is 553 g/mol. The minimum Gasteiger partial charge on any atom is -0.443 e. The number of nitrogens with one attached hydrogen (secondary N) is 1. The van der Waals surface area contributed by atoms with E-state index in [1.807, 2.05) is 12.2 Å². The van der Waals surface area contributed by atoms with Crippen molar-refractivity contribution in [2.24, 2.45) is 11.8 Å². The SMILES string of the molecule is [B]Cc1ccc(F)cc1[C@H]1NC(=O)C[C@@H](C2C=C(Cl)C=CC2)[C@]12C(=O)N(C(=O)OC(C)(C)C)c1cc(Cl)ccc12. The van der Waals surface area contributed by atoms with E-state index in [4.69, 9.17) is 35.8 Å². The highest BCUT2D eigenvalue weighted by Gasteiger charge is 2.65. The van der Waals surface area contributed by atoms with Crippen molar-refractivity contribution >= 4 is 54.6 Å². The largest absolute Gasteiger partial charge is 0.443 e. The third-order valence-corrected chi connectivity index (χ3v) is 8.23. The molecule has 2 aliphatic heterocycles. The van der Waals surface area contributed by atoms with Crippen LogP contribution in [0.15, 0.2) is 59.7 Å². The number of ether oxygens (including phenoxy) is 1. The fourth-order valence-electron chi connectivity index (χ4n) is 6.26. The van der Waals surface area contributed by atoms with Crippen LogP contribution in [-0.2, 0) is 26.1 Å². The Bertz CT molecular complexity index is 1470. The van der Waals surface area contributed by atoms with E-state index in [1.165, 1.54) is 18.2 Å². The van der Waals surface area contributed by atoms with E-state index in [1.54, 1.807) is 45.0 Å². The lowest BCUT2D eigenvalue weighted by molar-refractivity contribution is -0.136. The van der Waals surface area contributed by atoms with E-state index in [2.05, 4.69) is 5.32 Å². The Kier molecular flexibility index (Phi) is 7.38. The Labute approximate surface area is 243 Å². The quantitative estimate of drug-likeness (QED) is 0.436. The molecule has 6 nitrogen and oxygen atoms in total. The lowest BCUT2D eigenvalue weighted by atomic mass is 9.56. The average molecular weight is 581 g/mol. The van der Waals surface area contributed by atoms with Gasteiger partial charge in [0.25, 0.3) is 0 Å². The first-order valence-electron chi connectivity index (χ1n) is 13.1. The van der Waals surface area contributed by atoms with Gasteiger partial charge in [-0.2, -0.15) is 0 Å². The number of piperidine rings is 1. The number of hydrogen-bond donors (Lipinski definition) is 1. The second-order valence-corrected chi connectivity index (χ2v) is 12.2. The number of carbonyl (C=O) groups is 3. The molecule has 1 fully saturated rings. The number of benzene rings is 2. The van der Waals surface area contributed by atoms with Crippen LogP contribution >= 0.6 is 23.2 Å². The summed E-state index contributed by atoms with van der Waals surface area (Å²) in [5.41, 5.74) is -0.777. The molecule has 0 saturated carbocycles. The molecule has 2 aromatic rings. The summed E-state index contributed by atoms with van der Waals surface area (Å²) < 4.78 is 20.4. The van der Waals surface area contributed by atoms with Gasteiger partial charge in [-0.1, -0.05) is 59.4 Å². The van der Waals surface area contributed by atoms with Gasteiger partial charge in [-0.25, -0.2) is 14.1 Å². The summed E-state index contributed by atoms with van der Waals surface area (Å²) in [5, 5.41) is 3.76. The minimum atomic E-state index is -1.54. The Morgan fingerprint density at radius 2 is 1.95 bits per heavy atom. The average Bonchev–Trinajstić information content (AvgIpc) is 3.12. The smallest absolute Gasteiger partial charge is 0.421 e. The molecule has 1 spiro atoms. The lowest BCUT2D eigenvalue weighted by Gasteiger charge is -2.49. The van der Waals surface area contributed by atoms with Gasteiger partial charge in [-0.05, 0) is 80.5 Å². The van der Waals surface area contributed by atoms with E-state index in [9.17, 15) is 18.8 Å². The van der Waals surface area contributed by atoms with Crippen LogP contribution in [0.4, 0.5) is 14.9 Å². The normalized spacial score (nSPS) is 26.0. The second-order valence-electron chi connectivity index (χ2n) is 11.4. The number of amides is 3. The van der Waals surface area contributed by atoms with Crippen molar-refractivity contribution < 1.29 is 23.5 Å². The predicted octanol–water partition coefficient (Wildman–Crippen LogP) is 6.24. The van der Waals surface area contributed by atoms with Gasteiger partial charge in [0.1, 0.15) is 16.8 Å². The van der Waals surface area contributed by atoms with Crippen LogP contribution in [0.1, 0.15) is 56.3 Å². The first-order valence-corrected chi connectivity index (χ1v) is 13.8. The monoisotopic (exact) mass is 580 g/mol. The zero-order valence-corrected chi connectivity index (χ0v) is 23.9. The summed E-state index contributed by atoms with van der Waals surface area (Å²) in [5.74, 6) is -2.45. The minimum absolute atomic E-state index is 0.0289. The molecule has 2 aromatic carbocycles. The lowest BCUT2D eigenvalue weighted by Crippen LogP contribution is -2.61. The fourth-order valence-corrected chi connectivity index (χ4v) is 6.68. The van der Waals surface area contributed by atoms with Crippen molar-refractivity contribution in [2.75, 3.05) is 4.90 Å². The molecule has 2 radical (unpaired) electrons. The highest BCUT2D eigenvalue weighted by Crippen LogP contribution is 2.59. The summed E-state index contributed by atoms with van der Waals surface area (Å²) in [4.78, 5) is 42.9. The molecule has 206 valence electrons. The number of anilines is 1. The summed E-state index contributed by atoms with van der Waals surface area (Å²) >= 11 is 12.8. The van der Waals surface area contributed by atoms with Gasteiger partial charge in [0, 0.05) is 16.5 Å². The molecular formula is C30H28BCl2FN2O4. The number of carbonyl (C=O) groups excluding carboxylic acids is 3. The number of nitrogens with zero attached hydrogens (tertiary/aromatic N) is 1. The summed E-state index contributed by atoms with van der Waals surface area (Å²) in [7, 11) is 6.06.